The molecule has 0 bridgehead atoms. The highest BCUT2D eigenvalue weighted by molar-refractivity contribution is 5.95. The molecule has 0 amide bonds. The van der Waals surface area contributed by atoms with Crippen LogP contribution in [0.3, 0.4) is 0 Å². The highest BCUT2D eigenvalue weighted by Crippen LogP contribution is 2.36. The minimum absolute atomic E-state index is 0.229. The van der Waals surface area contributed by atoms with Gasteiger partial charge in [-0.15, -0.1) is 0 Å². The summed E-state index contributed by atoms with van der Waals surface area (Å²) in [6.45, 7) is -0.308. The number of carbonyl (C=O) groups is 2. The lowest BCUT2D eigenvalue weighted by Crippen LogP contribution is -2.52. The maximum absolute atomic E-state index is 12.5. The standard InChI is InChI=1S/C23H28F6O7/c1-13-14(2)18(33-10-15-7-5-4-6-8-15)21(32-3)36-17(13)9-16(19(30)34-11-22(24,25)26)20(31)35-12-23(27,28)29/h4-8,13-14,16-18,21H,9-12H2,1-3H3/t13-,14+,17?,18?,21-/m1/s1. The predicted octanol–water partition coefficient (Wildman–Crippen LogP) is 4.43. The van der Waals surface area contributed by atoms with E-state index in [1.54, 1.807) is 13.8 Å². The molecule has 7 nitrogen and oxygen atoms in total. The van der Waals surface area contributed by atoms with Gasteiger partial charge in [-0.25, -0.2) is 0 Å². The van der Waals surface area contributed by atoms with E-state index in [2.05, 4.69) is 9.47 Å². The van der Waals surface area contributed by atoms with Crippen LogP contribution >= 0.6 is 0 Å². The lowest BCUT2D eigenvalue weighted by molar-refractivity contribution is -0.277. The summed E-state index contributed by atoms with van der Waals surface area (Å²) in [5.41, 5.74) is 0.884. The van der Waals surface area contributed by atoms with Gasteiger partial charge >= 0.3 is 24.3 Å². The summed E-state index contributed by atoms with van der Waals surface area (Å²) in [6.07, 6.45) is -12.9. The molecule has 1 heterocycles. The number of hydrogen-bond donors (Lipinski definition) is 0. The quantitative estimate of drug-likeness (QED) is 0.252. The maximum atomic E-state index is 12.5. The second-order valence-electron chi connectivity index (χ2n) is 8.49. The first kappa shape index (κ1) is 29.8. The topological polar surface area (TPSA) is 80.3 Å². The van der Waals surface area contributed by atoms with Crippen molar-refractivity contribution < 1.29 is 59.6 Å². The van der Waals surface area contributed by atoms with E-state index in [0.29, 0.717) is 0 Å². The van der Waals surface area contributed by atoms with Crippen molar-refractivity contribution >= 4 is 11.9 Å². The van der Waals surface area contributed by atoms with Gasteiger partial charge in [0.2, 0.25) is 0 Å². The molecule has 0 spiro atoms. The number of ether oxygens (including phenoxy) is 5. The van der Waals surface area contributed by atoms with Gasteiger partial charge in [0.25, 0.3) is 0 Å². The monoisotopic (exact) mass is 530 g/mol. The second kappa shape index (κ2) is 12.7. The average Bonchev–Trinajstić information content (AvgIpc) is 2.80. The molecule has 0 aromatic heterocycles. The van der Waals surface area contributed by atoms with Gasteiger partial charge in [-0.2, -0.15) is 26.3 Å². The number of carbonyl (C=O) groups excluding carboxylic acids is 2. The van der Waals surface area contributed by atoms with Crippen LogP contribution in [-0.4, -0.2) is 63.1 Å². The van der Waals surface area contributed by atoms with Gasteiger partial charge in [0.1, 0.15) is 6.10 Å². The fourth-order valence-corrected chi connectivity index (χ4v) is 3.74. The summed E-state index contributed by atoms with van der Waals surface area (Å²) in [5, 5.41) is 0. The lowest BCUT2D eigenvalue weighted by Gasteiger charge is -2.44. The van der Waals surface area contributed by atoms with Crippen LogP contribution in [-0.2, 0) is 39.9 Å². The van der Waals surface area contributed by atoms with Gasteiger partial charge < -0.3 is 23.7 Å². The van der Waals surface area contributed by atoms with Crippen LogP contribution in [0.15, 0.2) is 30.3 Å². The summed E-state index contributed by atoms with van der Waals surface area (Å²) in [4.78, 5) is 24.6. The van der Waals surface area contributed by atoms with E-state index in [1.807, 2.05) is 30.3 Å². The third-order valence-electron chi connectivity index (χ3n) is 5.82. The molecule has 204 valence electrons. The molecule has 0 aliphatic carbocycles. The van der Waals surface area contributed by atoms with Gasteiger partial charge in [-0.1, -0.05) is 44.2 Å². The average molecular weight is 530 g/mol. The van der Waals surface area contributed by atoms with Crippen molar-refractivity contribution in [3.8, 4) is 0 Å². The molecule has 1 aromatic carbocycles. The molecular weight excluding hydrogens is 502 g/mol. The maximum Gasteiger partial charge on any atom is 0.422 e. The molecule has 0 N–H and O–H groups in total. The summed E-state index contributed by atoms with van der Waals surface area (Å²) in [6, 6.07) is 9.22. The van der Waals surface area contributed by atoms with Crippen molar-refractivity contribution in [3.05, 3.63) is 35.9 Å². The molecule has 1 aliphatic heterocycles. The molecule has 36 heavy (non-hydrogen) atoms. The van der Waals surface area contributed by atoms with Crippen molar-refractivity contribution in [2.75, 3.05) is 20.3 Å². The molecule has 1 saturated heterocycles. The molecule has 0 saturated carbocycles. The smallest absolute Gasteiger partial charge is 0.422 e. The van der Waals surface area contributed by atoms with Crippen molar-refractivity contribution in [1.82, 2.24) is 0 Å². The van der Waals surface area contributed by atoms with Gasteiger partial charge in [-0.05, 0) is 23.8 Å². The van der Waals surface area contributed by atoms with Gasteiger partial charge in [-0.3, -0.25) is 9.59 Å². The third kappa shape index (κ3) is 9.25. The van der Waals surface area contributed by atoms with Crippen LogP contribution in [0.4, 0.5) is 26.3 Å². The van der Waals surface area contributed by atoms with Crippen LogP contribution in [0.2, 0.25) is 0 Å². The van der Waals surface area contributed by atoms with Crippen LogP contribution in [0.1, 0.15) is 25.8 Å². The minimum Gasteiger partial charge on any atom is -0.455 e. The van der Waals surface area contributed by atoms with E-state index in [1.165, 1.54) is 7.11 Å². The molecule has 1 fully saturated rings. The lowest BCUT2D eigenvalue weighted by atomic mass is 9.80. The van der Waals surface area contributed by atoms with E-state index >= 15 is 0 Å². The van der Waals surface area contributed by atoms with Gasteiger partial charge in [0, 0.05) is 7.11 Å². The van der Waals surface area contributed by atoms with Crippen LogP contribution in [0.25, 0.3) is 0 Å². The molecule has 2 unspecified atom stereocenters. The van der Waals surface area contributed by atoms with Crippen molar-refractivity contribution in [3.63, 3.8) is 0 Å². The Morgan fingerprint density at radius 2 is 1.44 bits per heavy atom. The SMILES string of the molecule is CO[C@@H]1OC(CC(C(=O)OCC(F)(F)F)C(=O)OCC(F)(F)F)[C@H](C)[C@H](C)C1OCc1ccccc1. The Hall–Kier alpha value is -2.38. The molecule has 0 radical (unpaired) electrons. The van der Waals surface area contributed by atoms with E-state index in [-0.39, 0.29) is 12.5 Å². The summed E-state index contributed by atoms with van der Waals surface area (Å²) in [5.74, 6) is -6.15. The van der Waals surface area contributed by atoms with Crippen molar-refractivity contribution in [1.29, 1.82) is 0 Å². The summed E-state index contributed by atoms with van der Waals surface area (Å²) < 4.78 is 100. The largest absolute Gasteiger partial charge is 0.455 e. The van der Waals surface area contributed by atoms with Crippen LogP contribution < -0.4 is 0 Å². The molecule has 1 aromatic rings. The van der Waals surface area contributed by atoms with Crippen molar-refractivity contribution in [2.24, 2.45) is 17.8 Å². The number of halogens is 6. The number of esters is 2. The first-order valence-electron chi connectivity index (χ1n) is 11.0. The fraction of sp³-hybridized carbons (Fsp3) is 0.652. The zero-order valence-corrected chi connectivity index (χ0v) is 19.8. The Morgan fingerprint density at radius 3 is 1.92 bits per heavy atom. The molecular formula is C23H28F6O7. The third-order valence-corrected chi connectivity index (χ3v) is 5.82. The highest BCUT2D eigenvalue weighted by Gasteiger charge is 2.46. The number of methoxy groups -OCH3 is 1. The Balaban J connectivity index is 2.14. The Labute approximate surface area is 204 Å². The van der Waals surface area contributed by atoms with Crippen LogP contribution in [0.5, 0.6) is 0 Å². The number of rotatable bonds is 10. The normalized spacial score (nSPS) is 25.0. The Bertz CT molecular complexity index is 814. The number of benzene rings is 1. The Morgan fingerprint density at radius 1 is 0.917 bits per heavy atom. The summed E-state index contributed by atoms with van der Waals surface area (Å²) >= 11 is 0. The Kier molecular flexibility index (Phi) is 10.6. The van der Waals surface area contributed by atoms with E-state index in [4.69, 9.17) is 14.2 Å². The summed E-state index contributed by atoms with van der Waals surface area (Å²) in [7, 11) is 1.33. The highest BCUT2D eigenvalue weighted by atomic mass is 19.4. The van der Waals surface area contributed by atoms with E-state index in [0.717, 1.165) is 5.56 Å². The molecule has 2 rings (SSSR count). The zero-order valence-electron chi connectivity index (χ0n) is 19.8. The predicted molar refractivity (Wildman–Crippen MR) is 111 cm³/mol. The number of hydrogen-bond acceptors (Lipinski definition) is 7. The fourth-order valence-electron chi connectivity index (χ4n) is 3.74. The molecule has 5 atom stereocenters. The van der Waals surface area contributed by atoms with Crippen molar-refractivity contribution in [2.45, 2.75) is 57.7 Å². The minimum atomic E-state index is -4.90. The number of alkyl halides is 6. The van der Waals surface area contributed by atoms with E-state index in [9.17, 15) is 35.9 Å². The van der Waals surface area contributed by atoms with Crippen LogP contribution in [0, 0.1) is 17.8 Å². The van der Waals surface area contributed by atoms with Gasteiger partial charge in [0.15, 0.2) is 25.4 Å². The van der Waals surface area contributed by atoms with Gasteiger partial charge in [0.05, 0.1) is 12.7 Å². The first-order valence-corrected chi connectivity index (χ1v) is 11.0. The zero-order chi connectivity index (χ0) is 27.1. The van der Waals surface area contributed by atoms with E-state index < -0.39 is 74.3 Å². The molecule has 13 heteroatoms. The molecule has 1 aliphatic rings. The second-order valence-corrected chi connectivity index (χ2v) is 8.49. The first-order chi connectivity index (χ1) is 16.7.